The minimum Gasteiger partial charge on any atom is -0.369 e. The van der Waals surface area contributed by atoms with Gasteiger partial charge in [-0.05, 0) is 37.5 Å². The van der Waals surface area contributed by atoms with Gasteiger partial charge in [-0.25, -0.2) is 0 Å². The Morgan fingerprint density at radius 2 is 2.00 bits per heavy atom. The molecule has 1 aromatic rings. The third kappa shape index (κ3) is 3.21. The van der Waals surface area contributed by atoms with E-state index in [1.165, 1.54) is 43.4 Å². The van der Waals surface area contributed by atoms with Crippen LogP contribution in [0.3, 0.4) is 0 Å². The standard InChI is InChI=1S/C15H21BrClN/c1-2-18(13-6-4-3-5-7-13)14-9-8-12(11-17)15(16)10-14/h8-10,13H,2-7,11H2,1H3. The Hall–Kier alpha value is -0.210. The number of rotatable bonds is 4. The molecule has 0 heterocycles. The molecule has 1 aliphatic rings. The molecule has 0 bridgehead atoms. The van der Waals surface area contributed by atoms with Crippen molar-refractivity contribution in [3.63, 3.8) is 0 Å². The van der Waals surface area contributed by atoms with Gasteiger partial charge in [-0.2, -0.15) is 0 Å². The van der Waals surface area contributed by atoms with E-state index in [0.717, 1.165) is 17.1 Å². The lowest BCUT2D eigenvalue weighted by atomic mass is 9.94. The summed E-state index contributed by atoms with van der Waals surface area (Å²) in [4.78, 5) is 2.54. The summed E-state index contributed by atoms with van der Waals surface area (Å²) in [5, 5.41) is 0. The van der Waals surface area contributed by atoms with Crippen LogP contribution in [0, 0.1) is 0 Å². The van der Waals surface area contributed by atoms with Crippen LogP contribution >= 0.6 is 27.5 Å². The van der Waals surface area contributed by atoms with Gasteiger partial charge in [0.1, 0.15) is 0 Å². The number of hydrogen-bond acceptors (Lipinski definition) is 1. The topological polar surface area (TPSA) is 3.24 Å². The first kappa shape index (κ1) is 14.2. The first-order valence-electron chi connectivity index (χ1n) is 6.87. The largest absolute Gasteiger partial charge is 0.369 e. The molecule has 1 nitrogen and oxygen atoms in total. The van der Waals surface area contributed by atoms with Crippen LogP contribution < -0.4 is 4.90 Å². The van der Waals surface area contributed by atoms with Crippen molar-refractivity contribution in [3.8, 4) is 0 Å². The van der Waals surface area contributed by atoms with E-state index in [2.05, 4.69) is 46.0 Å². The summed E-state index contributed by atoms with van der Waals surface area (Å²) in [5.74, 6) is 0.566. The number of anilines is 1. The van der Waals surface area contributed by atoms with Crippen LogP contribution in [-0.2, 0) is 5.88 Å². The van der Waals surface area contributed by atoms with Gasteiger partial charge in [0, 0.05) is 28.6 Å². The van der Waals surface area contributed by atoms with Crippen LogP contribution in [0.5, 0.6) is 0 Å². The van der Waals surface area contributed by atoms with E-state index in [0.29, 0.717) is 5.88 Å². The molecule has 3 heteroatoms. The molecule has 0 aliphatic heterocycles. The van der Waals surface area contributed by atoms with Gasteiger partial charge in [-0.1, -0.05) is 41.3 Å². The molecule has 1 aromatic carbocycles. The molecule has 0 unspecified atom stereocenters. The van der Waals surface area contributed by atoms with Crippen molar-refractivity contribution in [3.05, 3.63) is 28.2 Å². The van der Waals surface area contributed by atoms with Crippen molar-refractivity contribution >= 4 is 33.2 Å². The maximum atomic E-state index is 5.90. The van der Waals surface area contributed by atoms with E-state index in [4.69, 9.17) is 11.6 Å². The predicted octanol–water partition coefficient (Wildman–Crippen LogP) is 5.35. The van der Waals surface area contributed by atoms with Crippen LogP contribution in [0.1, 0.15) is 44.6 Å². The fraction of sp³-hybridized carbons (Fsp3) is 0.600. The summed E-state index contributed by atoms with van der Waals surface area (Å²) in [6.07, 6.45) is 6.83. The van der Waals surface area contributed by atoms with Crippen LogP contribution in [0.15, 0.2) is 22.7 Å². The molecule has 100 valence electrons. The van der Waals surface area contributed by atoms with Crippen LogP contribution in [-0.4, -0.2) is 12.6 Å². The molecule has 1 saturated carbocycles. The van der Waals surface area contributed by atoms with Crippen molar-refractivity contribution in [1.29, 1.82) is 0 Å². The average molecular weight is 331 g/mol. The van der Waals surface area contributed by atoms with Crippen molar-refractivity contribution in [2.75, 3.05) is 11.4 Å². The molecule has 2 rings (SSSR count). The van der Waals surface area contributed by atoms with Crippen molar-refractivity contribution in [1.82, 2.24) is 0 Å². The number of halogens is 2. The summed E-state index contributed by atoms with van der Waals surface area (Å²) in [6.45, 7) is 3.33. The van der Waals surface area contributed by atoms with Gasteiger partial charge in [-0.3, -0.25) is 0 Å². The van der Waals surface area contributed by atoms with E-state index in [9.17, 15) is 0 Å². The Bertz CT molecular complexity index is 388. The molecular weight excluding hydrogens is 310 g/mol. The Balaban J connectivity index is 2.18. The van der Waals surface area contributed by atoms with Crippen LogP contribution in [0.2, 0.25) is 0 Å². The predicted molar refractivity (Wildman–Crippen MR) is 83.6 cm³/mol. The molecule has 0 spiro atoms. The lowest BCUT2D eigenvalue weighted by molar-refractivity contribution is 0.418. The smallest absolute Gasteiger partial charge is 0.0485 e. The zero-order valence-electron chi connectivity index (χ0n) is 11.0. The summed E-state index contributed by atoms with van der Waals surface area (Å²) in [7, 11) is 0. The molecule has 0 amide bonds. The molecule has 0 N–H and O–H groups in total. The quantitative estimate of drug-likeness (QED) is 0.673. The fourth-order valence-corrected chi connectivity index (χ4v) is 3.77. The SMILES string of the molecule is CCN(c1ccc(CCl)c(Br)c1)C1CCCCC1. The third-order valence-electron chi connectivity index (χ3n) is 3.87. The van der Waals surface area contributed by atoms with Crippen LogP contribution in [0.25, 0.3) is 0 Å². The second kappa shape index (κ2) is 6.81. The highest BCUT2D eigenvalue weighted by Gasteiger charge is 2.20. The summed E-state index contributed by atoms with van der Waals surface area (Å²) in [6, 6.07) is 7.28. The lowest BCUT2D eigenvalue weighted by Crippen LogP contribution is -2.36. The molecular formula is C15H21BrClN. The van der Waals surface area contributed by atoms with E-state index in [1.54, 1.807) is 0 Å². The van der Waals surface area contributed by atoms with Crippen molar-refractivity contribution < 1.29 is 0 Å². The van der Waals surface area contributed by atoms with Gasteiger partial charge in [-0.15, -0.1) is 11.6 Å². The highest BCUT2D eigenvalue weighted by atomic mass is 79.9. The summed E-state index contributed by atoms with van der Waals surface area (Å²) < 4.78 is 1.13. The zero-order valence-corrected chi connectivity index (χ0v) is 13.3. The first-order chi connectivity index (χ1) is 8.76. The van der Waals surface area contributed by atoms with Gasteiger partial charge in [0.05, 0.1) is 0 Å². The Labute approximate surface area is 124 Å². The Morgan fingerprint density at radius 3 is 2.56 bits per heavy atom. The molecule has 0 atom stereocenters. The van der Waals surface area contributed by atoms with E-state index < -0.39 is 0 Å². The lowest BCUT2D eigenvalue weighted by Gasteiger charge is -2.35. The Kier molecular flexibility index (Phi) is 5.38. The minimum absolute atomic E-state index is 0.566. The van der Waals surface area contributed by atoms with Gasteiger partial charge in [0.25, 0.3) is 0 Å². The molecule has 1 aliphatic carbocycles. The van der Waals surface area contributed by atoms with Crippen molar-refractivity contribution in [2.45, 2.75) is 50.9 Å². The van der Waals surface area contributed by atoms with Gasteiger partial charge < -0.3 is 4.90 Å². The molecule has 0 radical (unpaired) electrons. The molecule has 1 fully saturated rings. The normalized spacial score (nSPS) is 16.8. The molecule has 18 heavy (non-hydrogen) atoms. The maximum Gasteiger partial charge on any atom is 0.0485 e. The fourth-order valence-electron chi connectivity index (χ4n) is 2.87. The third-order valence-corrected chi connectivity index (χ3v) is 4.89. The number of nitrogens with zero attached hydrogens (tertiary/aromatic N) is 1. The first-order valence-corrected chi connectivity index (χ1v) is 8.20. The van der Waals surface area contributed by atoms with E-state index in [1.807, 2.05) is 0 Å². The van der Waals surface area contributed by atoms with Gasteiger partial charge in [0.2, 0.25) is 0 Å². The highest BCUT2D eigenvalue weighted by molar-refractivity contribution is 9.10. The maximum absolute atomic E-state index is 5.90. The van der Waals surface area contributed by atoms with Crippen LogP contribution in [0.4, 0.5) is 5.69 Å². The van der Waals surface area contributed by atoms with Gasteiger partial charge >= 0.3 is 0 Å². The van der Waals surface area contributed by atoms with E-state index in [-0.39, 0.29) is 0 Å². The minimum atomic E-state index is 0.566. The van der Waals surface area contributed by atoms with Gasteiger partial charge in [0.15, 0.2) is 0 Å². The zero-order chi connectivity index (χ0) is 13.0. The number of benzene rings is 1. The highest BCUT2D eigenvalue weighted by Crippen LogP contribution is 2.30. The second-order valence-electron chi connectivity index (χ2n) is 4.99. The summed E-state index contributed by atoms with van der Waals surface area (Å²) >= 11 is 9.52. The second-order valence-corrected chi connectivity index (χ2v) is 6.11. The monoisotopic (exact) mass is 329 g/mol. The summed E-state index contributed by atoms with van der Waals surface area (Å²) in [5.41, 5.74) is 2.49. The van der Waals surface area contributed by atoms with Crippen molar-refractivity contribution in [2.24, 2.45) is 0 Å². The average Bonchev–Trinajstić information content (AvgIpc) is 2.41. The number of alkyl halides is 1. The van der Waals surface area contributed by atoms with E-state index >= 15 is 0 Å². The molecule has 0 aromatic heterocycles. The Morgan fingerprint density at radius 1 is 1.28 bits per heavy atom. The molecule has 0 saturated heterocycles. The number of hydrogen-bond donors (Lipinski definition) is 0.